The highest BCUT2D eigenvalue weighted by atomic mass is 19.1. The molecule has 2 aromatic heterocycles. The smallest absolute Gasteiger partial charge is 0.319 e. The number of hydrogen-bond acceptors (Lipinski definition) is 9. The van der Waals surface area contributed by atoms with Gasteiger partial charge in [0.05, 0.1) is 17.0 Å². The van der Waals surface area contributed by atoms with Crippen LogP contribution in [-0.4, -0.2) is 92.2 Å². The molecule has 4 saturated heterocycles. The van der Waals surface area contributed by atoms with E-state index in [-0.39, 0.29) is 65.8 Å². The number of pyridine rings is 1. The van der Waals surface area contributed by atoms with Crippen LogP contribution in [0.25, 0.3) is 32.9 Å². The second-order valence-corrected chi connectivity index (χ2v) is 13.7. The normalized spacial score (nSPS) is 24.5. The number of phenols is 1. The van der Waals surface area contributed by atoms with Gasteiger partial charge in [0.15, 0.2) is 5.82 Å². The second kappa shape index (κ2) is 12.1. The summed E-state index contributed by atoms with van der Waals surface area (Å²) in [5, 5.41) is 11.9. The van der Waals surface area contributed by atoms with Gasteiger partial charge >= 0.3 is 6.01 Å². The number of fused-ring (bicyclic) bond motifs is 3. The van der Waals surface area contributed by atoms with E-state index in [1.807, 2.05) is 4.90 Å². The van der Waals surface area contributed by atoms with Crippen molar-refractivity contribution in [2.24, 2.45) is 0 Å². The number of nitrogens with zero attached hydrogens (tertiary/aromatic N) is 6. The molecule has 2 aromatic carbocycles. The summed E-state index contributed by atoms with van der Waals surface area (Å²) in [5.74, 6) is -1.42. The monoisotopic (exact) mass is 674 g/mol. The Bertz CT molecular complexity index is 2000. The first-order valence-electron chi connectivity index (χ1n) is 17.1. The van der Waals surface area contributed by atoms with Crippen LogP contribution >= 0.6 is 0 Å². The lowest BCUT2D eigenvalue weighted by Gasteiger charge is -2.37. The third kappa shape index (κ3) is 5.33. The Hall–Kier alpha value is -4.52. The van der Waals surface area contributed by atoms with Crippen LogP contribution in [0, 0.1) is 11.6 Å². The summed E-state index contributed by atoms with van der Waals surface area (Å²) in [7, 11) is 0. The van der Waals surface area contributed by atoms with Gasteiger partial charge in [0.2, 0.25) is 11.8 Å². The Labute approximate surface area is 280 Å². The van der Waals surface area contributed by atoms with Gasteiger partial charge in [-0.3, -0.25) is 24.4 Å². The molecule has 3 atom stereocenters. The fourth-order valence-corrected chi connectivity index (χ4v) is 8.55. The van der Waals surface area contributed by atoms with Crippen molar-refractivity contribution in [3.8, 4) is 23.0 Å². The van der Waals surface area contributed by atoms with Crippen molar-refractivity contribution >= 4 is 39.3 Å². The summed E-state index contributed by atoms with van der Waals surface area (Å²) in [6, 6.07) is 5.29. The summed E-state index contributed by atoms with van der Waals surface area (Å²) >= 11 is 0. The number of ether oxygens (including phenoxy) is 1. The predicted molar refractivity (Wildman–Crippen MR) is 176 cm³/mol. The van der Waals surface area contributed by atoms with E-state index in [1.165, 1.54) is 35.4 Å². The zero-order chi connectivity index (χ0) is 34.0. The number of anilines is 1. The van der Waals surface area contributed by atoms with Gasteiger partial charge < -0.3 is 14.7 Å². The predicted octanol–water partition coefficient (Wildman–Crippen LogP) is 5.46. The van der Waals surface area contributed by atoms with Gasteiger partial charge in [0, 0.05) is 50.7 Å². The summed E-state index contributed by atoms with van der Waals surface area (Å²) in [5.41, 5.74) is -0.103. The molecule has 4 fully saturated rings. The topological polar surface area (TPSA) is 112 Å². The maximum atomic E-state index is 17.0. The lowest BCUT2D eigenvalue weighted by atomic mass is 9.94. The number of piperidine rings is 1. The Kier molecular flexibility index (Phi) is 7.84. The third-order valence-corrected chi connectivity index (χ3v) is 10.8. The SMILES string of the molecule is CCc1c(F)ccc2cc(O)cc(-c3ncc4c(N5CCCC(N6C(=O)CCC6=O)C5)nc(OC[C@@]56CCCN5C[C@H](F)C6)nc4c3F)c12. The van der Waals surface area contributed by atoms with Gasteiger partial charge in [0.25, 0.3) is 0 Å². The Morgan fingerprint density at radius 1 is 1.06 bits per heavy atom. The van der Waals surface area contributed by atoms with E-state index in [0.29, 0.717) is 72.9 Å². The van der Waals surface area contributed by atoms with Crippen LogP contribution in [-0.2, 0) is 16.0 Å². The van der Waals surface area contributed by atoms with Crippen molar-refractivity contribution in [3.63, 3.8) is 0 Å². The molecular weight excluding hydrogens is 637 g/mol. The molecular formula is C36H37F3N6O4. The Morgan fingerprint density at radius 2 is 1.88 bits per heavy atom. The van der Waals surface area contributed by atoms with Crippen LogP contribution in [0.2, 0.25) is 0 Å². The molecule has 4 aliphatic heterocycles. The number of aromatic nitrogens is 3. The molecule has 0 radical (unpaired) electrons. The number of alkyl halides is 1. The zero-order valence-electron chi connectivity index (χ0n) is 27.2. The number of benzene rings is 2. The molecule has 13 heteroatoms. The minimum absolute atomic E-state index is 0.0815. The number of amides is 2. The number of halogens is 3. The highest BCUT2D eigenvalue weighted by Gasteiger charge is 2.49. The third-order valence-electron chi connectivity index (χ3n) is 10.8. The highest BCUT2D eigenvalue weighted by Crippen LogP contribution is 2.42. The van der Waals surface area contributed by atoms with Crippen molar-refractivity contribution < 1.29 is 32.6 Å². The van der Waals surface area contributed by atoms with E-state index in [2.05, 4.69) is 14.9 Å². The average molecular weight is 675 g/mol. The minimum atomic E-state index is -0.959. The molecule has 49 heavy (non-hydrogen) atoms. The molecule has 10 nitrogen and oxygen atoms in total. The van der Waals surface area contributed by atoms with Gasteiger partial charge in [-0.25, -0.2) is 13.2 Å². The lowest BCUT2D eigenvalue weighted by Crippen LogP contribution is -2.50. The molecule has 4 aliphatic rings. The molecule has 0 saturated carbocycles. The molecule has 2 amide bonds. The summed E-state index contributed by atoms with van der Waals surface area (Å²) in [6.45, 7) is 3.88. The Morgan fingerprint density at radius 3 is 2.67 bits per heavy atom. The van der Waals surface area contributed by atoms with E-state index in [0.717, 1.165) is 19.4 Å². The van der Waals surface area contributed by atoms with Crippen LogP contribution in [0.4, 0.5) is 19.0 Å². The number of carbonyl (C=O) groups is 2. The maximum Gasteiger partial charge on any atom is 0.319 e. The molecule has 8 rings (SSSR count). The van der Waals surface area contributed by atoms with Crippen molar-refractivity contribution in [2.75, 3.05) is 37.7 Å². The number of likely N-dealkylation sites (tertiary alicyclic amines) is 1. The first kappa shape index (κ1) is 31.7. The summed E-state index contributed by atoms with van der Waals surface area (Å²) in [6.07, 6.45) is 4.54. The summed E-state index contributed by atoms with van der Waals surface area (Å²) < 4.78 is 52.7. The van der Waals surface area contributed by atoms with Crippen molar-refractivity contribution in [1.82, 2.24) is 24.8 Å². The van der Waals surface area contributed by atoms with Gasteiger partial charge in [-0.1, -0.05) is 13.0 Å². The molecule has 0 bridgehead atoms. The van der Waals surface area contributed by atoms with E-state index in [9.17, 15) is 19.1 Å². The largest absolute Gasteiger partial charge is 0.508 e. The van der Waals surface area contributed by atoms with Gasteiger partial charge in [-0.05, 0) is 73.2 Å². The molecule has 0 spiro atoms. The molecule has 6 heterocycles. The zero-order valence-corrected chi connectivity index (χ0v) is 27.2. The van der Waals surface area contributed by atoms with Crippen LogP contribution in [0.15, 0.2) is 30.5 Å². The van der Waals surface area contributed by atoms with Crippen molar-refractivity contribution in [3.05, 3.63) is 47.7 Å². The first-order chi connectivity index (χ1) is 23.7. The van der Waals surface area contributed by atoms with Crippen molar-refractivity contribution in [2.45, 2.75) is 76.0 Å². The van der Waals surface area contributed by atoms with Gasteiger partial charge in [-0.2, -0.15) is 9.97 Å². The summed E-state index contributed by atoms with van der Waals surface area (Å²) in [4.78, 5) is 44.4. The fourth-order valence-electron chi connectivity index (χ4n) is 8.55. The molecule has 0 aliphatic carbocycles. The van der Waals surface area contributed by atoms with Crippen LogP contribution in [0.1, 0.15) is 57.4 Å². The van der Waals surface area contributed by atoms with Crippen molar-refractivity contribution in [1.29, 1.82) is 0 Å². The van der Waals surface area contributed by atoms with Crippen LogP contribution < -0.4 is 9.64 Å². The number of imide groups is 1. The quantitative estimate of drug-likeness (QED) is 0.256. The highest BCUT2D eigenvalue weighted by molar-refractivity contribution is 6.03. The first-order valence-corrected chi connectivity index (χ1v) is 17.1. The van der Waals surface area contributed by atoms with E-state index in [4.69, 9.17) is 9.72 Å². The van der Waals surface area contributed by atoms with E-state index >= 15 is 8.78 Å². The second-order valence-electron chi connectivity index (χ2n) is 13.7. The average Bonchev–Trinajstić information content (AvgIpc) is 3.74. The Balaban J connectivity index is 1.25. The molecule has 4 aromatic rings. The maximum absolute atomic E-state index is 17.0. The van der Waals surface area contributed by atoms with E-state index < -0.39 is 23.3 Å². The molecule has 256 valence electrons. The number of aromatic hydroxyl groups is 1. The number of rotatable bonds is 7. The van der Waals surface area contributed by atoms with Gasteiger partial charge in [0.1, 0.15) is 41.4 Å². The van der Waals surface area contributed by atoms with Crippen LogP contribution in [0.3, 0.4) is 0 Å². The van der Waals surface area contributed by atoms with Crippen LogP contribution in [0.5, 0.6) is 11.8 Å². The molecule has 1 N–H and O–H groups in total. The van der Waals surface area contributed by atoms with Gasteiger partial charge in [-0.15, -0.1) is 0 Å². The number of hydrogen-bond donors (Lipinski definition) is 1. The van der Waals surface area contributed by atoms with E-state index in [1.54, 1.807) is 6.92 Å². The number of phenolic OH excluding ortho intramolecular Hbond substituents is 1. The molecule has 1 unspecified atom stereocenters. The standard InChI is InChI=1S/C36H37F3N6O4/c1-2-24-27(38)7-6-20-13-23(46)14-25(30(20)24)32-31(39)33-26(16-40-32)34(43-11-3-5-22(18-43)45-28(47)8-9-29(45)48)42-35(41-33)49-19-36-10-4-12-44(36)17-21(37)15-36/h6-7,13-14,16,21-22,46H,2-5,8-12,15,17-19H2,1H3/t21-,22?,36+/m1/s1. The number of aryl methyl sites for hydroxylation is 1. The number of carbonyl (C=O) groups excluding carboxylic acids is 2. The fraction of sp³-hybridized carbons (Fsp3) is 0.472. The lowest BCUT2D eigenvalue weighted by molar-refractivity contribution is -0.141. The minimum Gasteiger partial charge on any atom is -0.508 e.